The molecule has 0 atom stereocenters. The Balaban J connectivity index is 1.74. The van der Waals surface area contributed by atoms with Crippen LogP contribution in [-0.2, 0) is 0 Å². The molecule has 2 aromatic carbocycles. The molecule has 0 aliphatic rings. The quantitative estimate of drug-likeness (QED) is 0.764. The van der Waals surface area contributed by atoms with Gasteiger partial charge >= 0.3 is 0 Å². The second-order valence-electron chi connectivity index (χ2n) is 5.31. The van der Waals surface area contributed by atoms with E-state index in [9.17, 15) is 9.18 Å². The average Bonchev–Trinajstić information content (AvgIpc) is 2.66. The Kier molecular flexibility index (Phi) is 4.99. The summed E-state index contributed by atoms with van der Waals surface area (Å²) in [5.41, 5.74) is 1.89. The van der Waals surface area contributed by atoms with Crippen molar-refractivity contribution in [3.05, 3.63) is 78.4 Å². The predicted molar refractivity (Wildman–Crippen MR) is 95.5 cm³/mol. The van der Waals surface area contributed by atoms with Gasteiger partial charge in [-0.3, -0.25) is 4.79 Å². The summed E-state index contributed by atoms with van der Waals surface area (Å²) in [7, 11) is 0. The van der Waals surface area contributed by atoms with Crippen molar-refractivity contribution in [2.45, 2.75) is 6.92 Å². The molecule has 0 saturated carbocycles. The zero-order chi connectivity index (χ0) is 17.6. The number of halogens is 1. The molecule has 3 rings (SSSR count). The van der Waals surface area contributed by atoms with Gasteiger partial charge in [0.1, 0.15) is 5.82 Å². The van der Waals surface area contributed by atoms with Crippen LogP contribution in [0.15, 0.2) is 67.0 Å². The summed E-state index contributed by atoms with van der Waals surface area (Å²) in [6.07, 6.45) is 2.96. The molecule has 5 nitrogen and oxygen atoms in total. The number of nitrogens with zero attached hydrogens (tertiary/aromatic N) is 3. The van der Waals surface area contributed by atoms with Crippen LogP contribution in [0, 0.1) is 5.82 Å². The molecular formula is C19H17FN4O. The number of carbonyl (C=O) groups is 1. The van der Waals surface area contributed by atoms with Gasteiger partial charge in [0.25, 0.3) is 5.91 Å². The van der Waals surface area contributed by atoms with Crippen LogP contribution in [0.4, 0.5) is 21.7 Å². The number of para-hydroxylation sites is 1. The standard InChI is InChI=1S/C19H17FN4O/c1-2-24(17-6-4-3-5-7-17)18(25)14-12-21-19(22-13-14)23-16-10-8-15(20)9-11-16/h3-13H,2H2,1H3,(H,21,22,23). The maximum Gasteiger partial charge on any atom is 0.261 e. The van der Waals surface area contributed by atoms with E-state index < -0.39 is 0 Å². The van der Waals surface area contributed by atoms with Gasteiger partial charge in [-0.1, -0.05) is 18.2 Å². The zero-order valence-electron chi connectivity index (χ0n) is 13.7. The molecule has 126 valence electrons. The lowest BCUT2D eigenvalue weighted by Gasteiger charge is -2.20. The summed E-state index contributed by atoms with van der Waals surface area (Å²) in [6, 6.07) is 15.3. The third kappa shape index (κ3) is 3.98. The first-order valence-electron chi connectivity index (χ1n) is 7.89. The molecule has 0 spiro atoms. The molecule has 0 unspecified atom stereocenters. The van der Waals surface area contributed by atoms with Gasteiger partial charge < -0.3 is 10.2 Å². The molecule has 6 heteroatoms. The topological polar surface area (TPSA) is 58.1 Å². The van der Waals surface area contributed by atoms with Crippen molar-refractivity contribution in [3.63, 3.8) is 0 Å². The van der Waals surface area contributed by atoms with E-state index in [1.165, 1.54) is 24.5 Å². The molecule has 1 N–H and O–H groups in total. The molecule has 0 radical (unpaired) electrons. The number of anilines is 3. The zero-order valence-corrected chi connectivity index (χ0v) is 13.7. The molecule has 1 aromatic heterocycles. The summed E-state index contributed by atoms with van der Waals surface area (Å²) >= 11 is 0. The molecule has 1 heterocycles. The van der Waals surface area contributed by atoms with Gasteiger partial charge in [0, 0.05) is 30.3 Å². The van der Waals surface area contributed by atoms with Crippen molar-refractivity contribution in [1.82, 2.24) is 9.97 Å². The van der Waals surface area contributed by atoms with Gasteiger partial charge in [0.15, 0.2) is 0 Å². The van der Waals surface area contributed by atoms with Gasteiger partial charge in [-0.2, -0.15) is 0 Å². The fraction of sp³-hybridized carbons (Fsp3) is 0.105. The van der Waals surface area contributed by atoms with Crippen LogP contribution in [-0.4, -0.2) is 22.4 Å². The molecule has 3 aromatic rings. The normalized spacial score (nSPS) is 10.3. The van der Waals surface area contributed by atoms with Crippen LogP contribution in [0.2, 0.25) is 0 Å². The molecule has 1 amide bonds. The predicted octanol–water partition coefficient (Wildman–Crippen LogP) is 4.03. The lowest BCUT2D eigenvalue weighted by atomic mass is 10.2. The first kappa shape index (κ1) is 16.6. The Morgan fingerprint density at radius 1 is 1.04 bits per heavy atom. The minimum Gasteiger partial charge on any atom is -0.324 e. The van der Waals surface area contributed by atoms with Crippen molar-refractivity contribution < 1.29 is 9.18 Å². The maximum absolute atomic E-state index is 12.9. The van der Waals surface area contributed by atoms with Crippen molar-refractivity contribution in [2.24, 2.45) is 0 Å². The number of rotatable bonds is 5. The minimum atomic E-state index is -0.312. The first-order valence-corrected chi connectivity index (χ1v) is 7.89. The molecule has 0 fully saturated rings. The summed E-state index contributed by atoms with van der Waals surface area (Å²) in [6.45, 7) is 2.45. The van der Waals surface area contributed by atoms with Crippen LogP contribution >= 0.6 is 0 Å². The number of benzene rings is 2. The highest BCUT2D eigenvalue weighted by molar-refractivity contribution is 6.05. The molecule has 0 aliphatic heterocycles. The van der Waals surface area contributed by atoms with Crippen molar-refractivity contribution in [2.75, 3.05) is 16.8 Å². The first-order chi connectivity index (χ1) is 12.2. The Morgan fingerprint density at radius 2 is 1.68 bits per heavy atom. The second-order valence-corrected chi connectivity index (χ2v) is 5.31. The van der Waals surface area contributed by atoms with Crippen molar-refractivity contribution >= 4 is 23.2 Å². The summed E-state index contributed by atoms with van der Waals surface area (Å²) < 4.78 is 12.9. The number of hydrogen-bond acceptors (Lipinski definition) is 4. The largest absolute Gasteiger partial charge is 0.324 e. The summed E-state index contributed by atoms with van der Waals surface area (Å²) in [4.78, 5) is 22.7. The highest BCUT2D eigenvalue weighted by Gasteiger charge is 2.16. The average molecular weight is 336 g/mol. The lowest BCUT2D eigenvalue weighted by Crippen LogP contribution is -2.30. The van der Waals surface area contributed by atoms with Crippen LogP contribution < -0.4 is 10.2 Å². The number of hydrogen-bond donors (Lipinski definition) is 1. The number of aromatic nitrogens is 2. The Morgan fingerprint density at radius 3 is 2.28 bits per heavy atom. The van der Waals surface area contributed by atoms with Crippen molar-refractivity contribution in [3.8, 4) is 0 Å². The molecule has 0 bridgehead atoms. The van der Waals surface area contributed by atoms with Crippen LogP contribution in [0.1, 0.15) is 17.3 Å². The van der Waals surface area contributed by atoms with E-state index in [2.05, 4.69) is 15.3 Å². The number of amides is 1. The van der Waals surface area contributed by atoms with Gasteiger partial charge in [-0.05, 0) is 43.3 Å². The van der Waals surface area contributed by atoms with E-state index in [-0.39, 0.29) is 11.7 Å². The second kappa shape index (κ2) is 7.53. The fourth-order valence-electron chi connectivity index (χ4n) is 2.37. The Labute approximate surface area is 145 Å². The maximum atomic E-state index is 12.9. The van der Waals surface area contributed by atoms with Crippen LogP contribution in [0.25, 0.3) is 0 Å². The molecule has 0 aliphatic carbocycles. The van der Waals surface area contributed by atoms with E-state index in [0.717, 1.165) is 5.69 Å². The van der Waals surface area contributed by atoms with Gasteiger partial charge in [0.05, 0.1) is 5.56 Å². The smallest absolute Gasteiger partial charge is 0.261 e. The summed E-state index contributed by atoms with van der Waals surface area (Å²) in [5, 5.41) is 2.96. The van der Waals surface area contributed by atoms with Crippen LogP contribution in [0.5, 0.6) is 0 Å². The van der Waals surface area contributed by atoms with Crippen LogP contribution in [0.3, 0.4) is 0 Å². The van der Waals surface area contributed by atoms with E-state index in [1.54, 1.807) is 17.0 Å². The third-order valence-electron chi connectivity index (χ3n) is 3.63. The van der Waals surface area contributed by atoms with Gasteiger partial charge in [-0.15, -0.1) is 0 Å². The number of carbonyl (C=O) groups excluding carboxylic acids is 1. The van der Waals surface area contributed by atoms with E-state index >= 15 is 0 Å². The monoisotopic (exact) mass is 336 g/mol. The highest BCUT2D eigenvalue weighted by Crippen LogP contribution is 2.17. The SMILES string of the molecule is CCN(C(=O)c1cnc(Nc2ccc(F)cc2)nc1)c1ccccc1. The van der Waals surface area contributed by atoms with E-state index in [1.807, 2.05) is 37.3 Å². The third-order valence-corrected chi connectivity index (χ3v) is 3.63. The molecule has 25 heavy (non-hydrogen) atoms. The minimum absolute atomic E-state index is 0.165. The molecular weight excluding hydrogens is 319 g/mol. The van der Waals surface area contributed by atoms with E-state index in [0.29, 0.717) is 23.7 Å². The van der Waals surface area contributed by atoms with Gasteiger partial charge in [-0.25, -0.2) is 14.4 Å². The number of nitrogens with one attached hydrogen (secondary N) is 1. The Hall–Kier alpha value is -3.28. The fourth-order valence-corrected chi connectivity index (χ4v) is 2.37. The summed E-state index contributed by atoms with van der Waals surface area (Å²) in [5.74, 6) is -0.138. The van der Waals surface area contributed by atoms with Gasteiger partial charge in [0.2, 0.25) is 5.95 Å². The highest BCUT2D eigenvalue weighted by atomic mass is 19.1. The molecule has 0 saturated heterocycles. The van der Waals surface area contributed by atoms with Crippen molar-refractivity contribution in [1.29, 1.82) is 0 Å². The Bertz CT molecular complexity index is 836. The van der Waals surface area contributed by atoms with E-state index in [4.69, 9.17) is 0 Å². The lowest BCUT2D eigenvalue weighted by molar-refractivity contribution is 0.0987.